The first kappa shape index (κ1) is 12.4. The fourth-order valence-corrected chi connectivity index (χ4v) is 1.85. The molecule has 0 aliphatic rings. The molecule has 94 valence electrons. The van der Waals surface area contributed by atoms with Crippen molar-refractivity contribution >= 4 is 0 Å². The summed E-state index contributed by atoms with van der Waals surface area (Å²) in [4.78, 5) is 11.6. The number of aromatic nitrogens is 1. The third-order valence-electron chi connectivity index (χ3n) is 2.89. The molecule has 0 bridgehead atoms. The molecule has 0 aliphatic carbocycles. The number of nitrogens with zero attached hydrogens (tertiary/aromatic N) is 1. The first-order chi connectivity index (χ1) is 8.65. The summed E-state index contributed by atoms with van der Waals surface area (Å²) in [5.74, 6) is 0.802. The van der Waals surface area contributed by atoms with Crippen molar-refractivity contribution in [3.05, 3.63) is 58.0 Å². The summed E-state index contributed by atoms with van der Waals surface area (Å²) >= 11 is 0. The van der Waals surface area contributed by atoms with E-state index in [2.05, 4.69) is 0 Å². The van der Waals surface area contributed by atoms with E-state index in [9.17, 15) is 4.79 Å². The van der Waals surface area contributed by atoms with Crippen molar-refractivity contribution < 1.29 is 4.74 Å². The number of hydrogen-bond donors (Lipinski definition) is 1. The number of methoxy groups -OCH3 is 1. The van der Waals surface area contributed by atoms with Crippen molar-refractivity contribution in [2.45, 2.75) is 13.5 Å². The average Bonchev–Trinajstić information content (AvgIpc) is 2.39. The van der Waals surface area contributed by atoms with Crippen molar-refractivity contribution in [2.24, 2.45) is 5.73 Å². The average molecular weight is 244 g/mol. The largest absolute Gasteiger partial charge is 0.497 e. The van der Waals surface area contributed by atoms with Gasteiger partial charge in [0.2, 0.25) is 0 Å². The molecule has 0 radical (unpaired) electrons. The predicted octanol–water partition coefficient (Wildman–Crippen LogP) is 1.61. The van der Waals surface area contributed by atoms with Crippen LogP contribution in [0, 0.1) is 6.92 Å². The summed E-state index contributed by atoms with van der Waals surface area (Å²) in [6.07, 6.45) is 1.79. The minimum absolute atomic E-state index is 0.0141. The van der Waals surface area contributed by atoms with E-state index in [1.165, 1.54) is 0 Å². The second kappa shape index (κ2) is 5.06. The maximum absolute atomic E-state index is 11.6. The summed E-state index contributed by atoms with van der Waals surface area (Å²) < 4.78 is 7.07. The van der Waals surface area contributed by atoms with Crippen LogP contribution in [0.25, 0.3) is 5.69 Å². The molecule has 4 nitrogen and oxygen atoms in total. The van der Waals surface area contributed by atoms with Crippen molar-refractivity contribution in [2.75, 3.05) is 7.11 Å². The lowest BCUT2D eigenvalue weighted by Gasteiger charge is -2.12. The van der Waals surface area contributed by atoms with E-state index in [1.807, 2.05) is 35.8 Å². The van der Waals surface area contributed by atoms with Crippen molar-refractivity contribution in [3.8, 4) is 11.4 Å². The van der Waals surface area contributed by atoms with Crippen LogP contribution in [0.15, 0.2) is 41.3 Å². The first-order valence-electron chi connectivity index (χ1n) is 5.72. The van der Waals surface area contributed by atoms with E-state index in [0.717, 1.165) is 17.1 Å². The van der Waals surface area contributed by atoms with E-state index in [4.69, 9.17) is 10.5 Å². The topological polar surface area (TPSA) is 57.2 Å². The zero-order valence-electron chi connectivity index (χ0n) is 10.5. The number of aryl methyl sites for hydroxylation is 1. The predicted molar refractivity (Wildman–Crippen MR) is 71.2 cm³/mol. The molecule has 0 aliphatic heterocycles. The van der Waals surface area contributed by atoms with Crippen LogP contribution in [-0.4, -0.2) is 11.7 Å². The zero-order chi connectivity index (χ0) is 13.1. The monoisotopic (exact) mass is 244 g/mol. The van der Waals surface area contributed by atoms with Gasteiger partial charge in [-0.05, 0) is 31.2 Å². The third-order valence-corrected chi connectivity index (χ3v) is 2.89. The normalized spacial score (nSPS) is 10.4. The van der Waals surface area contributed by atoms with Gasteiger partial charge < -0.3 is 15.0 Å². The van der Waals surface area contributed by atoms with Crippen molar-refractivity contribution in [1.82, 2.24) is 4.57 Å². The van der Waals surface area contributed by atoms with Crippen LogP contribution in [0.4, 0.5) is 0 Å². The van der Waals surface area contributed by atoms with Crippen LogP contribution >= 0.6 is 0 Å². The van der Waals surface area contributed by atoms with E-state index in [0.29, 0.717) is 5.56 Å². The second-order valence-corrected chi connectivity index (χ2v) is 4.08. The molecule has 0 atom stereocenters. The van der Waals surface area contributed by atoms with E-state index in [-0.39, 0.29) is 12.0 Å². The Bertz CT molecular complexity index is 600. The highest BCUT2D eigenvalue weighted by Crippen LogP contribution is 2.16. The number of hydrogen-bond acceptors (Lipinski definition) is 3. The summed E-state index contributed by atoms with van der Waals surface area (Å²) in [6, 6.07) is 9.25. The van der Waals surface area contributed by atoms with E-state index >= 15 is 0 Å². The molecule has 1 aromatic heterocycles. The van der Waals surface area contributed by atoms with Crippen LogP contribution in [0.3, 0.4) is 0 Å². The minimum Gasteiger partial charge on any atom is -0.497 e. The molecule has 0 amide bonds. The van der Waals surface area contributed by atoms with Gasteiger partial charge in [-0.3, -0.25) is 4.79 Å². The number of nitrogens with two attached hydrogens (primary N) is 1. The SMILES string of the molecule is COc1ccc(-n2cc(CN)c(=O)cc2C)cc1. The lowest BCUT2D eigenvalue weighted by molar-refractivity contribution is 0.414. The van der Waals surface area contributed by atoms with Crippen LogP contribution in [0.2, 0.25) is 0 Å². The van der Waals surface area contributed by atoms with Gasteiger partial charge in [0.1, 0.15) is 5.75 Å². The molecule has 1 heterocycles. The molecule has 2 rings (SSSR count). The molecule has 1 aromatic carbocycles. The number of benzene rings is 1. The first-order valence-corrected chi connectivity index (χ1v) is 5.72. The van der Waals surface area contributed by atoms with Crippen molar-refractivity contribution in [1.29, 1.82) is 0 Å². The van der Waals surface area contributed by atoms with Crippen LogP contribution < -0.4 is 15.9 Å². The number of ether oxygens (including phenoxy) is 1. The molecule has 2 aromatic rings. The summed E-state index contributed by atoms with van der Waals surface area (Å²) in [5.41, 5.74) is 8.01. The Hall–Kier alpha value is -2.07. The highest BCUT2D eigenvalue weighted by atomic mass is 16.5. The highest BCUT2D eigenvalue weighted by molar-refractivity contribution is 5.39. The molecule has 0 fully saturated rings. The Morgan fingerprint density at radius 2 is 1.94 bits per heavy atom. The van der Waals surface area contributed by atoms with Gasteiger partial charge in [0.25, 0.3) is 0 Å². The minimum atomic E-state index is -0.0141. The summed E-state index contributed by atoms with van der Waals surface area (Å²) in [7, 11) is 1.63. The number of pyridine rings is 1. The molecule has 0 saturated carbocycles. The van der Waals surface area contributed by atoms with Crippen LogP contribution in [-0.2, 0) is 6.54 Å². The fourth-order valence-electron chi connectivity index (χ4n) is 1.85. The molecule has 4 heteroatoms. The van der Waals surface area contributed by atoms with Gasteiger partial charge in [-0.25, -0.2) is 0 Å². The molecule has 2 N–H and O–H groups in total. The Balaban J connectivity index is 2.52. The van der Waals surface area contributed by atoms with Gasteiger partial charge in [-0.1, -0.05) is 0 Å². The van der Waals surface area contributed by atoms with Gasteiger partial charge in [-0.2, -0.15) is 0 Å². The second-order valence-electron chi connectivity index (χ2n) is 4.08. The van der Waals surface area contributed by atoms with Gasteiger partial charge in [-0.15, -0.1) is 0 Å². The van der Waals surface area contributed by atoms with Gasteiger partial charge in [0, 0.05) is 35.8 Å². The van der Waals surface area contributed by atoms with E-state index in [1.54, 1.807) is 19.4 Å². The lowest BCUT2D eigenvalue weighted by atomic mass is 10.2. The Kier molecular flexibility index (Phi) is 3.48. The Morgan fingerprint density at radius 1 is 1.28 bits per heavy atom. The Morgan fingerprint density at radius 3 is 2.50 bits per heavy atom. The van der Waals surface area contributed by atoms with Gasteiger partial charge >= 0.3 is 0 Å². The zero-order valence-corrected chi connectivity index (χ0v) is 10.5. The van der Waals surface area contributed by atoms with Crippen LogP contribution in [0.5, 0.6) is 5.75 Å². The highest BCUT2D eigenvalue weighted by Gasteiger charge is 2.04. The molecule has 0 spiro atoms. The smallest absolute Gasteiger partial charge is 0.186 e. The molecular weight excluding hydrogens is 228 g/mol. The summed E-state index contributed by atoms with van der Waals surface area (Å²) in [5, 5.41) is 0. The van der Waals surface area contributed by atoms with Crippen molar-refractivity contribution in [3.63, 3.8) is 0 Å². The molecule has 0 unspecified atom stereocenters. The van der Waals surface area contributed by atoms with Crippen LogP contribution in [0.1, 0.15) is 11.3 Å². The molecule has 18 heavy (non-hydrogen) atoms. The lowest BCUT2D eigenvalue weighted by Crippen LogP contribution is -2.16. The molecular formula is C14H16N2O2. The maximum Gasteiger partial charge on any atom is 0.186 e. The van der Waals surface area contributed by atoms with Gasteiger partial charge in [0.15, 0.2) is 5.43 Å². The quantitative estimate of drug-likeness (QED) is 0.892. The number of rotatable bonds is 3. The standard InChI is InChI=1S/C14H16N2O2/c1-10-7-14(17)11(8-15)9-16(10)12-3-5-13(18-2)6-4-12/h3-7,9H,8,15H2,1-2H3. The maximum atomic E-state index is 11.6. The Labute approximate surface area is 106 Å². The van der Waals surface area contributed by atoms with Gasteiger partial charge in [0.05, 0.1) is 7.11 Å². The molecule has 0 saturated heterocycles. The fraction of sp³-hybridized carbons (Fsp3) is 0.214. The summed E-state index contributed by atoms with van der Waals surface area (Å²) in [6.45, 7) is 2.14. The third kappa shape index (κ3) is 2.28. The van der Waals surface area contributed by atoms with E-state index < -0.39 is 0 Å².